The number of hydrogen-bond acceptors (Lipinski definition) is 2. The normalized spacial score (nSPS) is 11.7. The second-order valence-corrected chi connectivity index (χ2v) is 6.12. The lowest BCUT2D eigenvalue weighted by Gasteiger charge is -2.19. The average molecular weight is 296 g/mol. The predicted molar refractivity (Wildman–Crippen MR) is 71.3 cm³/mol. The van der Waals surface area contributed by atoms with Crippen molar-refractivity contribution in [1.82, 2.24) is 0 Å². The molecule has 0 N–H and O–H groups in total. The van der Waals surface area contributed by atoms with Crippen molar-refractivity contribution >= 4 is 40.8 Å². The Bertz CT molecular complexity index is 422. The maximum Gasteiger partial charge on any atom is 0.344 e. The fourth-order valence-corrected chi connectivity index (χ4v) is 1.51. The first-order valence-electron chi connectivity index (χ1n) is 5.01. The Morgan fingerprint density at radius 3 is 2.29 bits per heavy atom. The smallest absolute Gasteiger partial charge is 0.344 e. The largest absolute Gasteiger partial charge is 0.423 e. The molecular weight excluding hydrogens is 282 g/mol. The Hall–Kier alpha value is -0.440. The van der Waals surface area contributed by atoms with Crippen LogP contribution in [0.5, 0.6) is 5.75 Å². The molecule has 1 rings (SSSR count). The van der Waals surface area contributed by atoms with E-state index in [9.17, 15) is 4.79 Å². The number of carbonyl (C=O) groups is 1. The van der Waals surface area contributed by atoms with Gasteiger partial charge in [-0.15, -0.1) is 0 Å². The standard InChI is InChI=1S/C12H13Cl3O2/c1-12(2,3)7-4-5-9(8(13)6-7)17-11(16)10(14)15/h4-6,10H,1-3H3. The Morgan fingerprint density at radius 2 is 1.88 bits per heavy atom. The van der Waals surface area contributed by atoms with Crippen molar-refractivity contribution in [2.75, 3.05) is 0 Å². The molecule has 0 heterocycles. The minimum absolute atomic E-state index is 0.0202. The van der Waals surface area contributed by atoms with Crippen LogP contribution >= 0.6 is 34.8 Å². The number of esters is 1. The Kier molecular flexibility index (Phi) is 4.70. The fraction of sp³-hybridized carbons (Fsp3) is 0.417. The van der Waals surface area contributed by atoms with Gasteiger partial charge in [0.25, 0.3) is 0 Å². The van der Waals surface area contributed by atoms with Crippen molar-refractivity contribution in [3.05, 3.63) is 28.8 Å². The molecule has 0 radical (unpaired) electrons. The van der Waals surface area contributed by atoms with E-state index < -0.39 is 10.8 Å². The predicted octanol–water partition coefficient (Wildman–Crippen LogP) is 4.35. The van der Waals surface area contributed by atoms with Gasteiger partial charge in [0.1, 0.15) is 5.75 Å². The molecule has 1 aromatic rings. The molecule has 0 aliphatic rings. The number of rotatable bonds is 2. The molecule has 0 saturated carbocycles. The SMILES string of the molecule is CC(C)(C)c1ccc(OC(=O)C(Cl)Cl)c(Cl)c1. The number of carbonyl (C=O) groups excluding carboxylic acids is 1. The molecule has 0 spiro atoms. The van der Waals surface area contributed by atoms with E-state index >= 15 is 0 Å². The second kappa shape index (κ2) is 5.47. The zero-order chi connectivity index (χ0) is 13.2. The van der Waals surface area contributed by atoms with E-state index in [4.69, 9.17) is 39.5 Å². The topological polar surface area (TPSA) is 26.3 Å². The zero-order valence-electron chi connectivity index (χ0n) is 9.76. The van der Waals surface area contributed by atoms with E-state index in [1.165, 1.54) is 0 Å². The first-order chi connectivity index (χ1) is 7.71. The molecule has 5 heteroatoms. The third-order valence-electron chi connectivity index (χ3n) is 2.19. The number of ether oxygens (including phenoxy) is 1. The average Bonchev–Trinajstić information content (AvgIpc) is 2.19. The van der Waals surface area contributed by atoms with Crippen LogP contribution in [-0.2, 0) is 10.2 Å². The van der Waals surface area contributed by atoms with Gasteiger partial charge >= 0.3 is 5.97 Å². The van der Waals surface area contributed by atoms with Crippen molar-refractivity contribution < 1.29 is 9.53 Å². The van der Waals surface area contributed by atoms with Crippen LogP contribution in [0.2, 0.25) is 5.02 Å². The van der Waals surface area contributed by atoms with Gasteiger partial charge < -0.3 is 4.74 Å². The van der Waals surface area contributed by atoms with Crippen LogP contribution in [0.1, 0.15) is 26.3 Å². The van der Waals surface area contributed by atoms with Gasteiger partial charge in [0.2, 0.25) is 4.84 Å². The van der Waals surface area contributed by atoms with Gasteiger partial charge in [0, 0.05) is 0 Å². The van der Waals surface area contributed by atoms with Gasteiger partial charge in [0.05, 0.1) is 5.02 Å². The highest BCUT2D eigenvalue weighted by molar-refractivity contribution is 6.53. The Morgan fingerprint density at radius 1 is 1.29 bits per heavy atom. The van der Waals surface area contributed by atoms with Gasteiger partial charge in [-0.05, 0) is 23.1 Å². The van der Waals surface area contributed by atoms with Gasteiger partial charge in [-0.25, -0.2) is 4.79 Å². The summed E-state index contributed by atoms with van der Waals surface area (Å²) in [5.74, 6) is -0.477. The van der Waals surface area contributed by atoms with Crippen LogP contribution < -0.4 is 4.74 Å². The Labute approximate surface area is 116 Å². The van der Waals surface area contributed by atoms with Crippen molar-refractivity contribution in [3.8, 4) is 5.75 Å². The minimum atomic E-state index is -1.21. The van der Waals surface area contributed by atoms with Gasteiger partial charge in [-0.2, -0.15) is 0 Å². The summed E-state index contributed by atoms with van der Waals surface area (Å²) in [6.07, 6.45) is 0. The van der Waals surface area contributed by atoms with Crippen molar-refractivity contribution in [2.45, 2.75) is 31.0 Å². The van der Waals surface area contributed by atoms with Crippen molar-refractivity contribution in [1.29, 1.82) is 0 Å². The highest BCUT2D eigenvalue weighted by Gasteiger charge is 2.18. The van der Waals surface area contributed by atoms with E-state index in [1.807, 2.05) is 6.07 Å². The van der Waals surface area contributed by atoms with E-state index in [1.54, 1.807) is 12.1 Å². The summed E-state index contributed by atoms with van der Waals surface area (Å²) in [5, 5.41) is 0.361. The lowest BCUT2D eigenvalue weighted by molar-refractivity contribution is -0.132. The first-order valence-corrected chi connectivity index (χ1v) is 6.27. The molecule has 0 atom stereocenters. The van der Waals surface area contributed by atoms with Crippen molar-refractivity contribution in [2.24, 2.45) is 0 Å². The maximum atomic E-state index is 11.2. The quantitative estimate of drug-likeness (QED) is 0.461. The van der Waals surface area contributed by atoms with E-state index in [2.05, 4.69) is 20.8 Å². The summed E-state index contributed by atoms with van der Waals surface area (Å²) in [5.41, 5.74) is 1.03. The van der Waals surface area contributed by atoms with E-state index in [0.29, 0.717) is 5.02 Å². The molecule has 0 amide bonds. The summed E-state index contributed by atoms with van der Waals surface area (Å²) < 4.78 is 4.94. The van der Waals surface area contributed by atoms with Crippen LogP contribution in [0, 0.1) is 0 Å². The van der Waals surface area contributed by atoms with Crippen LogP contribution in [0.15, 0.2) is 18.2 Å². The van der Waals surface area contributed by atoms with E-state index in [-0.39, 0.29) is 11.2 Å². The zero-order valence-corrected chi connectivity index (χ0v) is 12.0. The number of halogens is 3. The number of benzene rings is 1. The molecular formula is C12H13Cl3O2. The van der Waals surface area contributed by atoms with Crippen molar-refractivity contribution in [3.63, 3.8) is 0 Å². The fourth-order valence-electron chi connectivity index (χ4n) is 1.20. The van der Waals surface area contributed by atoms with Gasteiger partial charge in [-0.1, -0.05) is 61.6 Å². The third kappa shape index (κ3) is 4.06. The van der Waals surface area contributed by atoms with Crippen LogP contribution in [0.25, 0.3) is 0 Å². The first kappa shape index (κ1) is 14.6. The van der Waals surface area contributed by atoms with E-state index in [0.717, 1.165) is 5.56 Å². The molecule has 1 aromatic carbocycles. The number of hydrogen-bond donors (Lipinski definition) is 0. The van der Waals surface area contributed by atoms with Crippen LogP contribution in [0.4, 0.5) is 0 Å². The molecule has 0 fully saturated rings. The molecule has 0 saturated heterocycles. The molecule has 17 heavy (non-hydrogen) atoms. The number of alkyl halides is 2. The third-order valence-corrected chi connectivity index (χ3v) is 2.84. The maximum absolute atomic E-state index is 11.2. The van der Waals surface area contributed by atoms with Crippen LogP contribution in [0.3, 0.4) is 0 Å². The highest BCUT2D eigenvalue weighted by atomic mass is 35.5. The summed E-state index contributed by atoms with van der Waals surface area (Å²) >= 11 is 16.8. The highest BCUT2D eigenvalue weighted by Crippen LogP contribution is 2.31. The Balaban J connectivity index is 2.95. The lowest BCUT2D eigenvalue weighted by Crippen LogP contribution is -2.16. The second-order valence-electron chi connectivity index (χ2n) is 4.62. The van der Waals surface area contributed by atoms with Gasteiger partial charge in [-0.3, -0.25) is 0 Å². The molecule has 0 aromatic heterocycles. The molecule has 0 unspecified atom stereocenters. The summed E-state index contributed by atoms with van der Waals surface area (Å²) in [6.45, 7) is 6.20. The summed E-state index contributed by atoms with van der Waals surface area (Å²) in [6, 6.07) is 5.25. The molecule has 94 valence electrons. The minimum Gasteiger partial charge on any atom is -0.423 e. The summed E-state index contributed by atoms with van der Waals surface area (Å²) in [4.78, 5) is 9.99. The lowest BCUT2D eigenvalue weighted by atomic mass is 9.87. The van der Waals surface area contributed by atoms with Crippen LogP contribution in [-0.4, -0.2) is 10.8 Å². The van der Waals surface area contributed by atoms with Gasteiger partial charge in [0.15, 0.2) is 0 Å². The monoisotopic (exact) mass is 294 g/mol. The summed E-state index contributed by atoms with van der Waals surface area (Å²) in [7, 11) is 0. The molecule has 0 aliphatic heterocycles. The molecule has 0 bridgehead atoms. The molecule has 2 nitrogen and oxygen atoms in total. The molecule has 0 aliphatic carbocycles.